The minimum absolute atomic E-state index is 0.194. The number of carbonyl (C=O) groups excluding carboxylic acids is 2. The van der Waals surface area contributed by atoms with Crippen LogP contribution in [0.4, 0.5) is 0 Å². The van der Waals surface area contributed by atoms with E-state index in [2.05, 4.69) is 5.32 Å². The van der Waals surface area contributed by atoms with E-state index in [1.165, 1.54) is 6.42 Å². The molecule has 0 spiro atoms. The van der Waals surface area contributed by atoms with Crippen LogP contribution < -0.4 is 11.1 Å². The van der Waals surface area contributed by atoms with Crippen molar-refractivity contribution in [3.8, 4) is 0 Å². The van der Waals surface area contributed by atoms with Crippen LogP contribution in [-0.4, -0.2) is 42.9 Å². The quantitative estimate of drug-likeness (QED) is 0.627. The van der Waals surface area contributed by atoms with Gasteiger partial charge in [0.1, 0.15) is 0 Å². The van der Waals surface area contributed by atoms with Crippen LogP contribution >= 0.6 is 0 Å². The van der Waals surface area contributed by atoms with Crippen molar-refractivity contribution in [1.82, 2.24) is 10.2 Å². The lowest BCUT2D eigenvalue weighted by Gasteiger charge is -2.26. The minimum Gasteiger partial charge on any atom is -0.370 e. The third kappa shape index (κ3) is 6.26. The first-order valence-corrected chi connectivity index (χ1v) is 6.47. The van der Waals surface area contributed by atoms with Gasteiger partial charge in [0.2, 0.25) is 11.8 Å². The van der Waals surface area contributed by atoms with Crippen molar-refractivity contribution in [3.63, 3.8) is 0 Å². The highest BCUT2D eigenvalue weighted by Crippen LogP contribution is 2.08. The maximum absolute atomic E-state index is 11.7. The maximum atomic E-state index is 11.7. The van der Waals surface area contributed by atoms with E-state index in [1.807, 2.05) is 4.90 Å². The van der Waals surface area contributed by atoms with E-state index in [0.29, 0.717) is 13.0 Å². The van der Waals surface area contributed by atoms with Gasteiger partial charge in [0.05, 0.1) is 6.54 Å². The summed E-state index contributed by atoms with van der Waals surface area (Å²) in [5.74, 6) is -0.0611. The van der Waals surface area contributed by atoms with Crippen molar-refractivity contribution >= 4 is 11.8 Å². The number of amides is 2. The zero-order chi connectivity index (χ0) is 12.5. The molecule has 1 rings (SSSR count). The molecule has 1 fully saturated rings. The summed E-state index contributed by atoms with van der Waals surface area (Å²) < 4.78 is 0. The van der Waals surface area contributed by atoms with Gasteiger partial charge in [0, 0.05) is 19.5 Å². The van der Waals surface area contributed by atoms with Gasteiger partial charge < -0.3 is 16.0 Å². The Labute approximate surface area is 103 Å². The fourth-order valence-corrected chi connectivity index (χ4v) is 2.00. The van der Waals surface area contributed by atoms with Crippen molar-refractivity contribution in [2.24, 2.45) is 5.73 Å². The van der Waals surface area contributed by atoms with Crippen molar-refractivity contribution in [2.75, 3.05) is 26.2 Å². The van der Waals surface area contributed by atoms with Gasteiger partial charge in [-0.25, -0.2) is 0 Å². The number of primary amides is 1. The predicted molar refractivity (Wildman–Crippen MR) is 66.3 cm³/mol. The monoisotopic (exact) mass is 241 g/mol. The molecule has 0 bridgehead atoms. The first-order valence-electron chi connectivity index (χ1n) is 6.47. The molecule has 3 N–H and O–H groups in total. The van der Waals surface area contributed by atoms with E-state index in [9.17, 15) is 9.59 Å². The van der Waals surface area contributed by atoms with Crippen LogP contribution in [0.2, 0.25) is 0 Å². The SMILES string of the molecule is NC(=O)CCCCNCC(=O)N1CCCCC1. The molecule has 0 saturated carbocycles. The Kier molecular flexibility index (Phi) is 6.62. The second-order valence-corrected chi connectivity index (χ2v) is 4.54. The molecule has 0 aromatic rings. The molecule has 0 aliphatic carbocycles. The summed E-state index contributed by atoms with van der Waals surface area (Å²) in [5, 5.41) is 3.11. The Morgan fingerprint density at radius 2 is 1.82 bits per heavy atom. The van der Waals surface area contributed by atoms with E-state index in [1.54, 1.807) is 0 Å². The van der Waals surface area contributed by atoms with E-state index >= 15 is 0 Å². The lowest BCUT2D eigenvalue weighted by atomic mass is 10.1. The Hall–Kier alpha value is -1.10. The summed E-state index contributed by atoms with van der Waals surface area (Å²) in [4.78, 5) is 24.1. The maximum Gasteiger partial charge on any atom is 0.236 e. The number of nitrogens with zero attached hydrogens (tertiary/aromatic N) is 1. The van der Waals surface area contributed by atoms with Gasteiger partial charge in [-0.3, -0.25) is 9.59 Å². The van der Waals surface area contributed by atoms with Gasteiger partial charge in [-0.2, -0.15) is 0 Å². The molecule has 1 aliphatic rings. The number of nitrogens with one attached hydrogen (secondary N) is 1. The molecule has 98 valence electrons. The lowest BCUT2D eigenvalue weighted by Crippen LogP contribution is -2.41. The van der Waals surface area contributed by atoms with Gasteiger partial charge in [0.15, 0.2) is 0 Å². The van der Waals surface area contributed by atoms with Crippen LogP contribution in [0.5, 0.6) is 0 Å². The number of piperidine rings is 1. The number of rotatable bonds is 7. The Balaban J connectivity index is 1.98. The summed E-state index contributed by atoms with van der Waals surface area (Å²) in [6.45, 7) is 2.99. The van der Waals surface area contributed by atoms with Gasteiger partial charge in [-0.15, -0.1) is 0 Å². The smallest absolute Gasteiger partial charge is 0.236 e. The second kappa shape index (κ2) is 8.06. The van der Waals surface area contributed by atoms with Gasteiger partial charge >= 0.3 is 0 Å². The molecule has 0 radical (unpaired) electrons. The number of carbonyl (C=O) groups is 2. The standard InChI is InChI=1S/C12H23N3O2/c13-11(16)6-2-3-7-14-10-12(17)15-8-4-1-5-9-15/h14H,1-10H2,(H2,13,16). The lowest BCUT2D eigenvalue weighted by molar-refractivity contribution is -0.131. The van der Waals surface area contributed by atoms with E-state index in [-0.39, 0.29) is 11.8 Å². The molecule has 0 aromatic heterocycles. The van der Waals surface area contributed by atoms with Gasteiger partial charge in [0.25, 0.3) is 0 Å². The summed E-state index contributed by atoms with van der Waals surface area (Å²) in [5.41, 5.74) is 5.03. The molecule has 2 amide bonds. The Morgan fingerprint density at radius 3 is 2.47 bits per heavy atom. The third-order valence-electron chi connectivity index (χ3n) is 3.01. The average Bonchev–Trinajstić information content (AvgIpc) is 2.34. The van der Waals surface area contributed by atoms with Crippen molar-refractivity contribution < 1.29 is 9.59 Å². The molecule has 5 heteroatoms. The molecular weight excluding hydrogens is 218 g/mol. The summed E-state index contributed by atoms with van der Waals surface area (Å²) in [7, 11) is 0. The molecule has 5 nitrogen and oxygen atoms in total. The molecule has 0 atom stereocenters. The molecule has 0 unspecified atom stereocenters. The van der Waals surface area contributed by atoms with Crippen LogP contribution in [0.15, 0.2) is 0 Å². The van der Waals surface area contributed by atoms with Crippen molar-refractivity contribution in [3.05, 3.63) is 0 Å². The highest BCUT2D eigenvalue weighted by Gasteiger charge is 2.15. The third-order valence-corrected chi connectivity index (χ3v) is 3.01. The summed E-state index contributed by atoms with van der Waals surface area (Å²) >= 11 is 0. The molecule has 1 heterocycles. The highest BCUT2D eigenvalue weighted by molar-refractivity contribution is 5.78. The first-order chi connectivity index (χ1) is 8.20. The van der Waals surface area contributed by atoms with E-state index in [4.69, 9.17) is 5.73 Å². The first kappa shape index (κ1) is 14.0. The molecular formula is C12H23N3O2. The average molecular weight is 241 g/mol. The predicted octanol–water partition coefficient (Wildman–Crippen LogP) is 0.244. The fraction of sp³-hybridized carbons (Fsp3) is 0.833. The molecule has 1 saturated heterocycles. The fourth-order valence-electron chi connectivity index (χ4n) is 2.00. The van der Waals surface area contributed by atoms with Crippen LogP contribution in [0, 0.1) is 0 Å². The van der Waals surface area contributed by atoms with E-state index < -0.39 is 0 Å². The number of hydrogen-bond acceptors (Lipinski definition) is 3. The van der Waals surface area contributed by atoms with Crippen molar-refractivity contribution in [1.29, 1.82) is 0 Å². The van der Waals surface area contributed by atoms with Crippen LogP contribution in [0.3, 0.4) is 0 Å². The Morgan fingerprint density at radius 1 is 1.12 bits per heavy atom. The van der Waals surface area contributed by atoms with Crippen LogP contribution in [0.25, 0.3) is 0 Å². The topological polar surface area (TPSA) is 75.4 Å². The minimum atomic E-state index is -0.255. The zero-order valence-electron chi connectivity index (χ0n) is 10.4. The van der Waals surface area contributed by atoms with Gasteiger partial charge in [-0.05, 0) is 38.6 Å². The van der Waals surface area contributed by atoms with Gasteiger partial charge in [-0.1, -0.05) is 0 Å². The highest BCUT2D eigenvalue weighted by atomic mass is 16.2. The summed E-state index contributed by atoms with van der Waals surface area (Å²) in [6.07, 6.45) is 5.61. The Bertz CT molecular complexity index is 250. The van der Waals surface area contributed by atoms with E-state index in [0.717, 1.165) is 45.3 Å². The van der Waals surface area contributed by atoms with Crippen LogP contribution in [0.1, 0.15) is 38.5 Å². The summed E-state index contributed by atoms with van der Waals surface area (Å²) in [6, 6.07) is 0. The number of nitrogens with two attached hydrogens (primary N) is 1. The molecule has 17 heavy (non-hydrogen) atoms. The van der Waals surface area contributed by atoms with Crippen LogP contribution in [-0.2, 0) is 9.59 Å². The number of unbranched alkanes of at least 4 members (excludes halogenated alkanes) is 1. The second-order valence-electron chi connectivity index (χ2n) is 4.54. The largest absolute Gasteiger partial charge is 0.370 e. The zero-order valence-corrected chi connectivity index (χ0v) is 10.4. The molecule has 1 aliphatic heterocycles. The normalized spacial score (nSPS) is 15.9. The number of likely N-dealkylation sites (tertiary alicyclic amines) is 1. The molecule has 0 aromatic carbocycles. The number of hydrogen-bond donors (Lipinski definition) is 2. The van der Waals surface area contributed by atoms with Crippen molar-refractivity contribution in [2.45, 2.75) is 38.5 Å².